The summed E-state index contributed by atoms with van der Waals surface area (Å²) in [5, 5.41) is 0. The predicted molar refractivity (Wildman–Crippen MR) is 46.4 cm³/mol. The van der Waals surface area contributed by atoms with Crippen molar-refractivity contribution in [1.82, 2.24) is 0 Å². The fourth-order valence-electron chi connectivity index (χ4n) is 0.359. The number of rotatable bonds is 5. The number of primary amides is 1. The van der Waals surface area contributed by atoms with E-state index in [4.69, 9.17) is 17.3 Å². The number of nitrogens with two attached hydrogens (primary N) is 1. The lowest BCUT2D eigenvalue weighted by atomic mass is 10.6. The molecule has 0 atom stereocenters. The smallest absolute Gasteiger partial charge is 0.227 e. The Morgan fingerprint density at radius 1 is 1.60 bits per heavy atom. The van der Waals surface area contributed by atoms with Gasteiger partial charge >= 0.3 is 0 Å². The van der Waals surface area contributed by atoms with Crippen LogP contribution in [-0.2, 0) is 4.79 Å². The van der Waals surface area contributed by atoms with Crippen LogP contribution in [0.15, 0.2) is 12.2 Å². The average molecular weight is 180 g/mol. The fraction of sp³-hybridized carbons (Fsp3) is 0.500. The van der Waals surface area contributed by atoms with Crippen LogP contribution in [0.5, 0.6) is 0 Å². The zero-order valence-electron chi connectivity index (χ0n) is 5.55. The van der Waals surface area contributed by atoms with E-state index in [0.29, 0.717) is 11.6 Å². The van der Waals surface area contributed by atoms with Crippen LogP contribution in [-0.4, -0.2) is 23.3 Å². The molecule has 0 fully saturated rings. The molecule has 4 heteroatoms. The molecule has 0 aliphatic carbocycles. The van der Waals surface area contributed by atoms with Crippen molar-refractivity contribution in [1.29, 1.82) is 0 Å². The van der Waals surface area contributed by atoms with E-state index >= 15 is 0 Å². The van der Waals surface area contributed by atoms with Gasteiger partial charge in [-0.2, -0.15) is 0 Å². The Bertz CT molecular complexity index is 127. The zero-order valence-corrected chi connectivity index (χ0v) is 7.12. The third kappa shape index (κ3) is 7.85. The van der Waals surface area contributed by atoms with Crippen LogP contribution >= 0.6 is 23.4 Å². The monoisotopic (exact) mass is 179 g/mol. The highest BCUT2D eigenvalue weighted by Gasteiger charge is 1.90. The number of carbonyl (C=O) groups excluding carboxylic acids is 1. The van der Waals surface area contributed by atoms with Gasteiger partial charge in [-0.25, -0.2) is 0 Å². The Balaban J connectivity index is 3.05. The molecule has 0 heterocycles. The Kier molecular flexibility index (Phi) is 6.86. The van der Waals surface area contributed by atoms with Crippen molar-refractivity contribution in [2.45, 2.75) is 0 Å². The first-order chi connectivity index (χ1) is 4.77. The summed E-state index contributed by atoms with van der Waals surface area (Å²) >= 11 is 6.84. The molecule has 0 unspecified atom stereocenters. The zero-order chi connectivity index (χ0) is 7.82. The van der Waals surface area contributed by atoms with Gasteiger partial charge in [0.2, 0.25) is 5.91 Å². The molecule has 0 rings (SSSR count). The number of thioether (sulfide) groups is 1. The van der Waals surface area contributed by atoms with Gasteiger partial charge in [0, 0.05) is 11.6 Å². The molecule has 2 nitrogen and oxygen atoms in total. The Labute approximate surface area is 69.8 Å². The van der Waals surface area contributed by atoms with Crippen LogP contribution in [0.25, 0.3) is 0 Å². The second-order valence-electron chi connectivity index (χ2n) is 1.61. The molecule has 0 spiro atoms. The third-order valence-corrected chi connectivity index (χ3v) is 1.81. The molecule has 0 radical (unpaired) electrons. The summed E-state index contributed by atoms with van der Waals surface area (Å²) in [5.74, 6) is 1.43. The van der Waals surface area contributed by atoms with Crippen molar-refractivity contribution < 1.29 is 4.79 Å². The third-order valence-electron chi connectivity index (χ3n) is 0.714. The van der Waals surface area contributed by atoms with E-state index in [1.807, 2.05) is 12.2 Å². The lowest BCUT2D eigenvalue weighted by Gasteiger charge is -1.90. The maximum Gasteiger partial charge on any atom is 0.227 e. The maximum absolute atomic E-state index is 10.2. The first kappa shape index (κ1) is 9.85. The second kappa shape index (κ2) is 6.96. The van der Waals surface area contributed by atoms with Crippen LogP contribution in [0.4, 0.5) is 0 Å². The number of carbonyl (C=O) groups is 1. The highest BCUT2D eigenvalue weighted by atomic mass is 35.5. The molecule has 58 valence electrons. The van der Waals surface area contributed by atoms with E-state index in [0.717, 1.165) is 5.75 Å². The minimum Gasteiger partial charge on any atom is -0.369 e. The standard InChI is InChI=1S/C6H10ClNOS/c7-3-1-2-4-10-5-6(8)9/h1-2H,3-5H2,(H2,8,9)/b2-1+. The first-order valence-electron chi connectivity index (χ1n) is 2.84. The second-order valence-corrected chi connectivity index (χ2v) is 2.95. The van der Waals surface area contributed by atoms with Crippen LogP contribution in [0.1, 0.15) is 0 Å². The summed E-state index contributed by atoms with van der Waals surface area (Å²) in [6, 6.07) is 0. The molecule has 0 aromatic carbocycles. The summed E-state index contributed by atoms with van der Waals surface area (Å²) in [7, 11) is 0. The first-order valence-corrected chi connectivity index (χ1v) is 4.53. The molecule has 0 aliphatic heterocycles. The minimum atomic E-state index is -0.274. The van der Waals surface area contributed by atoms with Gasteiger partial charge < -0.3 is 5.73 Å². The van der Waals surface area contributed by atoms with E-state index in [1.54, 1.807) is 0 Å². The number of alkyl halides is 1. The molecule has 0 aliphatic rings. The van der Waals surface area contributed by atoms with Crippen LogP contribution < -0.4 is 5.73 Å². The van der Waals surface area contributed by atoms with Crippen LogP contribution in [0, 0.1) is 0 Å². The number of amides is 1. The van der Waals surface area contributed by atoms with Gasteiger partial charge in [-0.1, -0.05) is 12.2 Å². The van der Waals surface area contributed by atoms with Gasteiger partial charge in [0.25, 0.3) is 0 Å². The number of hydrogen-bond donors (Lipinski definition) is 1. The summed E-state index contributed by atoms with van der Waals surface area (Å²) < 4.78 is 0. The van der Waals surface area contributed by atoms with Crippen molar-refractivity contribution >= 4 is 29.3 Å². The SMILES string of the molecule is NC(=O)CSC/C=C/CCl. The van der Waals surface area contributed by atoms with E-state index < -0.39 is 0 Å². The molecular weight excluding hydrogens is 170 g/mol. The predicted octanol–water partition coefficient (Wildman–Crippen LogP) is 1.000. The van der Waals surface area contributed by atoms with Crippen LogP contribution in [0.2, 0.25) is 0 Å². The molecule has 1 amide bonds. The van der Waals surface area contributed by atoms with E-state index in [2.05, 4.69) is 0 Å². The highest BCUT2D eigenvalue weighted by Crippen LogP contribution is 1.98. The van der Waals surface area contributed by atoms with Gasteiger partial charge in [0.05, 0.1) is 5.75 Å². The number of allylic oxidation sites excluding steroid dienone is 1. The highest BCUT2D eigenvalue weighted by molar-refractivity contribution is 8.00. The topological polar surface area (TPSA) is 43.1 Å². The lowest BCUT2D eigenvalue weighted by Crippen LogP contribution is -2.13. The lowest BCUT2D eigenvalue weighted by molar-refractivity contribution is -0.115. The Hall–Kier alpha value is -0.150. The molecular formula is C6H10ClNOS. The van der Waals surface area contributed by atoms with Gasteiger partial charge in [-0.15, -0.1) is 23.4 Å². The van der Waals surface area contributed by atoms with Crippen LogP contribution in [0.3, 0.4) is 0 Å². The molecule has 0 saturated carbocycles. The number of halogens is 1. The van der Waals surface area contributed by atoms with Gasteiger partial charge in [-0.3, -0.25) is 4.79 Å². The van der Waals surface area contributed by atoms with Crippen molar-refractivity contribution in [2.75, 3.05) is 17.4 Å². The molecule has 0 saturated heterocycles. The average Bonchev–Trinajstić information content (AvgIpc) is 1.87. The minimum absolute atomic E-state index is 0.274. The molecule has 0 aromatic rings. The molecule has 0 aromatic heterocycles. The van der Waals surface area contributed by atoms with E-state index in [1.165, 1.54) is 11.8 Å². The van der Waals surface area contributed by atoms with Crippen molar-refractivity contribution in [3.8, 4) is 0 Å². The summed E-state index contributed by atoms with van der Waals surface area (Å²) in [5.41, 5.74) is 4.90. The summed E-state index contributed by atoms with van der Waals surface area (Å²) in [4.78, 5) is 10.2. The summed E-state index contributed by atoms with van der Waals surface area (Å²) in [6.07, 6.45) is 3.76. The van der Waals surface area contributed by atoms with Crippen molar-refractivity contribution in [3.05, 3.63) is 12.2 Å². The molecule has 2 N–H and O–H groups in total. The van der Waals surface area contributed by atoms with Crippen molar-refractivity contribution in [2.24, 2.45) is 5.73 Å². The number of hydrogen-bond acceptors (Lipinski definition) is 2. The molecule has 10 heavy (non-hydrogen) atoms. The Morgan fingerprint density at radius 2 is 2.30 bits per heavy atom. The van der Waals surface area contributed by atoms with E-state index in [-0.39, 0.29) is 5.91 Å². The van der Waals surface area contributed by atoms with Crippen molar-refractivity contribution in [3.63, 3.8) is 0 Å². The normalized spacial score (nSPS) is 10.5. The quantitative estimate of drug-likeness (QED) is 0.389. The fourth-order valence-corrected chi connectivity index (χ4v) is 1.08. The Morgan fingerprint density at radius 3 is 2.80 bits per heavy atom. The maximum atomic E-state index is 10.2. The largest absolute Gasteiger partial charge is 0.369 e. The van der Waals surface area contributed by atoms with Gasteiger partial charge in [-0.05, 0) is 0 Å². The van der Waals surface area contributed by atoms with E-state index in [9.17, 15) is 4.79 Å². The van der Waals surface area contributed by atoms with Gasteiger partial charge in [0.1, 0.15) is 0 Å². The van der Waals surface area contributed by atoms with Gasteiger partial charge in [0.15, 0.2) is 0 Å². The summed E-state index contributed by atoms with van der Waals surface area (Å²) in [6.45, 7) is 0. The molecule has 0 bridgehead atoms.